The van der Waals surface area contributed by atoms with Crippen LogP contribution in [0.15, 0.2) is 134 Å². The van der Waals surface area contributed by atoms with Gasteiger partial charge < -0.3 is 18.4 Å². The van der Waals surface area contributed by atoms with E-state index in [1.165, 1.54) is 42.1 Å². The van der Waals surface area contributed by atoms with Crippen LogP contribution >= 0.6 is 23.5 Å². The van der Waals surface area contributed by atoms with Crippen molar-refractivity contribution in [1.82, 2.24) is 4.57 Å². The number of furan rings is 1. The van der Waals surface area contributed by atoms with Crippen LogP contribution in [0.4, 0.5) is 11.4 Å². The van der Waals surface area contributed by atoms with Crippen molar-refractivity contribution in [1.29, 1.82) is 0 Å². The Bertz CT molecular complexity index is 2310. The van der Waals surface area contributed by atoms with Gasteiger partial charge in [0, 0.05) is 46.0 Å². The first-order chi connectivity index (χ1) is 24.1. The van der Waals surface area contributed by atoms with Crippen molar-refractivity contribution in [2.75, 3.05) is 23.7 Å². The predicted molar refractivity (Wildman–Crippen MR) is 203 cm³/mol. The monoisotopic (exact) mass is 721 g/mol. The highest BCUT2D eigenvalue weighted by molar-refractivity contribution is 8.03. The van der Waals surface area contributed by atoms with Gasteiger partial charge in [0.05, 0.1) is 49.7 Å². The maximum Gasteiger partial charge on any atom is 0.163 e. The van der Waals surface area contributed by atoms with Gasteiger partial charge in [-0.25, -0.2) is 8.42 Å². The molecular weight excluding hydrogens is 683 g/mol. The molecule has 8 rings (SSSR count). The van der Waals surface area contributed by atoms with Gasteiger partial charge in [-0.15, -0.1) is 0 Å². The van der Waals surface area contributed by atoms with Crippen molar-refractivity contribution in [3.8, 4) is 5.69 Å². The summed E-state index contributed by atoms with van der Waals surface area (Å²) >= 11 is 3.63. The number of nitrogens with one attached hydrogen (secondary N) is 1. The van der Waals surface area contributed by atoms with Crippen molar-refractivity contribution in [3.05, 3.63) is 131 Å². The third-order valence-electron chi connectivity index (χ3n) is 10.1. The molecule has 2 aromatic heterocycles. The number of allylic oxidation sites excluding steroid dienone is 4. The molecule has 0 amide bonds. The molecule has 10 heteroatoms. The van der Waals surface area contributed by atoms with Crippen LogP contribution < -0.4 is 9.80 Å². The maximum atomic E-state index is 11.4. The fourth-order valence-electron chi connectivity index (χ4n) is 7.44. The maximum absolute atomic E-state index is 11.4. The van der Waals surface area contributed by atoms with Gasteiger partial charge in [-0.3, -0.25) is 4.90 Å². The van der Waals surface area contributed by atoms with Gasteiger partial charge in [0.25, 0.3) is 0 Å². The highest BCUT2D eigenvalue weighted by Crippen LogP contribution is 2.49. The first-order valence-electron chi connectivity index (χ1n) is 17.1. The molecule has 3 aliphatic rings. The molecule has 0 saturated heterocycles. The summed E-state index contributed by atoms with van der Waals surface area (Å²) in [4.78, 5) is 6.08. The van der Waals surface area contributed by atoms with Crippen molar-refractivity contribution in [2.45, 2.75) is 54.2 Å². The van der Waals surface area contributed by atoms with Gasteiger partial charge >= 0.3 is 0 Å². The van der Waals surface area contributed by atoms with E-state index in [1.807, 2.05) is 11.8 Å². The Balaban J connectivity index is 1.18. The molecule has 7 nitrogen and oxygen atoms in total. The molecule has 0 saturated carbocycles. The lowest BCUT2D eigenvalue weighted by atomic mass is 9.72. The summed E-state index contributed by atoms with van der Waals surface area (Å²) in [5, 5.41) is 2.41. The zero-order valence-electron chi connectivity index (χ0n) is 28.3. The van der Waals surface area contributed by atoms with E-state index in [1.54, 1.807) is 18.0 Å². The van der Waals surface area contributed by atoms with E-state index in [0.717, 1.165) is 34.6 Å². The molecule has 256 valence electrons. The largest absolute Gasteiger partial charge is 0.748 e. The van der Waals surface area contributed by atoms with Gasteiger partial charge in [-0.2, -0.15) is 0 Å². The third kappa shape index (κ3) is 6.07. The Kier molecular flexibility index (Phi) is 8.64. The SMILES string of the molecule is CCN1/C(=C/C2=CC(=C/C3Sc4ccc(-n5ccc6ccccc65)cc4[NH+]3CCCCS(=O)(=O)[O-])/C(C)(C)c3ccoc32)Sc2ccccc21. The first-order valence-corrected chi connectivity index (χ1v) is 20.3. The molecular formula is C40H39N3O4S3. The zero-order valence-corrected chi connectivity index (χ0v) is 30.7. The fourth-order valence-corrected chi connectivity index (χ4v) is 10.5. The summed E-state index contributed by atoms with van der Waals surface area (Å²) in [5.74, 6) is 0.566. The van der Waals surface area contributed by atoms with Gasteiger partial charge in [0.1, 0.15) is 11.4 Å². The number of anilines is 1. The topological polar surface area (TPSA) is 83.0 Å². The zero-order chi connectivity index (χ0) is 34.6. The Hall–Kier alpha value is -3.93. The smallest absolute Gasteiger partial charge is 0.163 e. The minimum absolute atomic E-state index is 0.0515. The number of para-hydroxylation sites is 2. The molecule has 0 radical (unpaired) electrons. The number of aromatic nitrogens is 1. The van der Waals surface area contributed by atoms with Crippen LogP contribution in [0.25, 0.3) is 22.2 Å². The quantitative estimate of drug-likeness (QED) is 0.121. The summed E-state index contributed by atoms with van der Waals surface area (Å²) in [6, 6.07) is 27.8. The number of nitrogens with zero attached hydrogens (tertiary/aromatic N) is 2. The lowest BCUT2D eigenvalue weighted by Crippen LogP contribution is -3.09. The third-order valence-corrected chi connectivity index (χ3v) is 13.3. The second kappa shape index (κ2) is 13.0. The Morgan fingerprint density at radius 3 is 2.66 bits per heavy atom. The number of hydrogen-bond acceptors (Lipinski definition) is 7. The van der Waals surface area contributed by atoms with Crippen LogP contribution in [-0.2, 0) is 15.5 Å². The number of fused-ring (bicyclic) bond motifs is 4. The van der Waals surface area contributed by atoms with Crippen molar-refractivity contribution >= 4 is 61.5 Å². The van der Waals surface area contributed by atoms with E-state index >= 15 is 0 Å². The van der Waals surface area contributed by atoms with Crippen LogP contribution in [0.1, 0.15) is 44.9 Å². The first kappa shape index (κ1) is 33.2. The van der Waals surface area contributed by atoms with Gasteiger partial charge in [0.2, 0.25) is 0 Å². The van der Waals surface area contributed by atoms with Crippen LogP contribution in [0, 0.1) is 0 Å². The van der Waals surface area contributed by atoms with Crippen LogP contribution in [0.3, 0.4) is 0 Å². The van der Waals surface area contributed by atoms with Gasteiger partial charge in [-0.05, 0) is 91.4 Å². The number of unbranched alkanes of at least 4 members (excludes halogenated alkanes) is 1. The molecule has 2 atom stereocenters. The number of rotatable bonds is 9. The molecule has 0 fully saturated rings. The lowest BCUT2D eigenvalue weighted by Gasteiger charge is -2.32. The van der Waals surface area contributed by atoms with Crippen molar-refractivity contribution < 1.29 is 22.3 Å². The van der Waals surface area contributed by atoms with Crippen LogP contribution in [0.2, 0.25) is 0 Å². The van der Waals surface area contributed by atoms with Crippen molar-refractivity contribution in [3.63, 3.8) is 0 Å². The molecule has 2 aliphatic heterocycles. The fraction of sp³-hybridized carbons (Fsp3) is 0.250. The summed E-state index contributed by atoms with van der Waals surface area (Å²) in [6.07, 6.45) is 11.8. The molecule has 5 aromatic rings. The molecule has 3 aromatic carbocycles. The van der Waals surface area contributed by atoms with Crippen LogP contribution in [-0.4, -0.2) is 41.8 Å². The molecule has 0 bridgehead atoms. The minimum Gasteiger partial charge on any atom is -0.748 e. The Morgan fingerprint density at radius 2 is 1.82 bits per heavy atom. The Labute approximate surface area is 302 Å². The minimum atomic E-state index is -4.26. The number of quaternary nitrogens is 1. The summed E-state index contributed by atoms with van der Waals surface area (Å²) < 4.78 is 42.7. The number of thioether (sulfide) groups is 2. The predicted octanol–water partition coefficient (Wildman–Crippen LogP) is 8.27. The van der Waals surface area contributed by atoms with E-state index in [9.17, 15) is 13.0 Å². The van der Waals surface area contributed by atoms with E-state index in [2.05, 4.69) is 134 Å². The molecule has 1 aliphatic carbocycles. The second-order valence-corrected chi connectivity index (χ2v) is 17.3. The number of hydrogen-bond donors (Lipinski definition) is 1. The summed E-state index contributed by atoms with van der Waals surface area (Å²) in [6.45, 7) is 8.27. The average Bonchev–Trinajstić information content (AvgIpc) is 3.89. The Morgan fingerprint density at radius 1 is 1.00 bits per heavy atom. The second-order valence-electron chi connectivity index (χ2n) is 13.5. The molecule has 50 heavy (non-hydrogen) atoms. The summed E-state index contributed by atoms with van der Waals surface area (Å²) in [5.41, 5.74) is 7.78. The lowest BCUT2D eigenvalue weighted by molar-refractivity contribution is -0.835. The summed E-state index contributed by atoms with van der Waals surface area (Å²) in [7, 11) is -4.26. The standard InChI is InChI=1S/C40H39N3O4S3/c1-4-41-33-13-7-8-14-35(33)48-37(41)24-28-23-29(40(2,3)31-18-21-47-39(28)31)25-38-43(19-9-10-22-50(44,45)46)34-26-30(15-16-36(34)49-38)42-20-17-27-11-5-6-12-32(27)42/h5-8,11-18,20-21,23-26,38H,4,9-10,19,22H2,1-3H3,(H,44,45,46)/b29-25-,37-24-. The highest BCUT2D eigenvalue weighted by Gasteiger charge is 2.39. The average molecular weight is 722 g/mol. The van der Waals surface area contributed by atoms with Crippen molar-refractivity contribution in [2.24, 2.45) is 0 Å². The molecule has 1 N–H and O–H groups in total. The van der Waals surface area contributed by atoms with Crippen LogP contribution in [0.5, 0.6) is 0 Å². The highest BCUT2D eigenvalue weighted by atomic mass is 32.2. The number of benzene rings is 3. The molecule has 4 heterocycles. The molecule has 0 spiro atoms. The van der Waals surface area contributed by atoms with E-state index < -0.39 is 10.1 Å². The van der Waals surface area contributed by atoms with E-state index in [-0.39, 0.29) is 16.5 Å². The van der Waals surface area contributed by atoms with E-state index in [4.69, 9.17) is 4.42 Å². The van der Waals surface area contributed by atoms with E-state index in [0.29, 0.717) is 19.4 Å². The molecule has 2 unspecified atom stereocenters. The normalized spacial score (nSPS) is 21.1. The van der Waals surface area contributed by atoms with Gasteiger partial charge in [0.15, 0.2) is 5.37 Å². The van der Waals surface area contributed by atoms with Gasteiger partial charge in [-0.1, -0.05) is 67.7 Å².